The molecule has 0 saturated heterocycles. The van der Waals surface area contributed by atoms with Crippen LogP contribution in [0.15, 0.2) is 0 Å². The van der Waals surface area contributed by atoms with Gasteiger partial charge in [-0.3, -0.25) is 0 Å². The van der Waals surface area contributed by atoms with Gasteiger partial charge in [-0.05, 0) is 59.2 Å². The van der Waals surface area contributed by atoms with E-state index in [0.29, 0.717) is 0 Å². The minimum atomic E-state index is 0.264. The van der Waals surface area contributed by atoms with Crippen LogP contribution in [0.2, 0.25) is 0 Å². The molecule has 0 heterocycles. The molecule has 0 aromatic rings. The number of likely N-dealkylation sites (N-methyl/N-ethyl adjacent to an activating group) is 1. The second-order valence-corrected chi connectivity index (χ2v) is 6.48. The van der Waals surface area contributed by atoms with Gasteiger partial charge in [0.05, 0.1) is 0 Å². The molecule has 0 aromatic heterocycles. The monoisotopic (exact) mass is 226 g/mol. The topological polar surface area (TPSA) is 15.3 Å². The van der Waals surface area contributed by atoms with Gasteiger partial charge in [0.15, 0.2) is 0 Å². The first-order valence-corrected chi connectivity index (χ1v) is 6.80. The van der Waals surface area contributed by atoms with Crippen molar-refractivity contribution in [3.8, 4) is 0 Å². The summed E-state index contributed by atoms with van der Waals surface area (Å²) in [5.41, 5.74) is 0.264. The van der Waals surface area contributed by atoms with Gasteiger partial charge < -0.3 is 10.2 Å². The molecular weight excluding hydrogens is 196 g/mol. The van der Waals surface area contributed by atoms with Gasteiger partial charge in [0.1, 0.15) is 0 Å². The van der Waals surface area contributed by atoms with Gasteiger partial charge >= 0.3 is 0 Å². The first-order valence-electron chi connectivity index (χ1n) is 6.80. The summed E-state index contributed by atoms with van der Waals surface area (Å²) in [6, 6.07) is 0. The van der Waals surface area contributed by atoms with Crippen molar-refractivity contribution >= 4 is 0 Å². The summed E-state index contributed by atoms with van der Waals surface area (Å²) in [4.78, 5) is 2.30. The Bertz CT molecular complexity index is 199. The maximum absolute atomic E-state index is 3.66. The van der Waals surface area contributed by atoms with Gasteiger partial charge in [0, 0.05) is 12.1 Å². The lowest BCUT2D eigenvalue weighted by Gasteiger charge is -2.34. The molecule has 1 saturated carbocycles. The third-order valence-electron chi connectivity index (χ3n) is 4.25. The summed E-state index contributed by atoms with van der Waals surface area (Å²) in [7, 11) is 4.31. The van der Waals surface area contributed by atoms with Crippen molar-refractivity contribution in [1.82, 2.24) is 10.2 Å². The molecule has 1 N–H and O–H groups in total. The van der Waals surface area contributed by atoms with E-state index in [-0.39, 0.29) is 5.54 Å². The van der Waals surface area contributed by atoms with E-state index in [0.717, 1.165) is 18.4 Å². The zero-order valence-electron chi connectivity index (χ0n) is 11.8. The van der Waals surface area contributed by atoms with Crippen LogP contribution in [0.25, 0.3) is 0 Å². The largest absolute Gasteiger partial charge is 0.315 e. The van der Waals surface area contributed by atoms with Crippen LogP contribution >= 0.6 is 0 Å². The molecule has 0 aromatic carbocycles. The quantitative estimate of drug-likeness (QED) is 0.775. The second-order valence-electron chi connectivity index (χ2n) is 6.48. The predicted octanol–water partition coefficient (Wildman–Crippen LogP) is 2.74. The minimum Gasteiger partial charge on any atom is -0.315 e. The molecule has 1 rings (SSSR count). The third-order valence-corrected chi connectivity index (χ3v) is 4.25. The van der Waals surface area contributed by atoms with Crippen LogP contribution in [0.1, 0.15) is 46.5 Å². The summed E-state index contributed by atoms with van der Waals surface area (Å²) >= 11 is 0. The van der Waals surface area contributed by atoms with Gasteiger partial charge in [0.25, 0.3) is 0 Å². The zero-order valence-corrected chi connectivity index (χ0v) is 11.8. The molecule has 1 aliphatic carbocycles. The molecule has 0 aliphatic heterocycles. The van der Waals surface area contributed by atoms with Crippen molar-refractivity contribution in [2.75, 3.05) is 27.2 Å². The van der Waals surface area contributed by atoms with Crippen LogP contribution in [-0.2, 0) is 0 Å². The highest BCUT2D eigenvalue weighted by molar-refractivity contribution is 4.81. The highest BCUT2D eigenvalue weighted by atomic mass is 15.2. The first-order chi connectivity index (χ1) is 7.42. The molecule has 16 heavy (non-hydrogen) atoms. The van der Waals surface area contributed by atoms with E-state index in [1.165, 1.54) is 32.2 Å². The molecule has 2 unspecified atom stereocenters. The van der Waals surface area contributed by atoms with Crippen molar-refractivity contribution in [2.24, 2.45) is 11.8 Å². The Morgan fingerprint density at radius 2 is 1.94 bits per heavy atom. The average molecular weight is 226 g/mol. The number of nitrogens with one attached hydrogen (secondary N) is 1. The van der Waals surface area contributed by atoms with Crippen molar-refractivity contribution in [1.29, 1.82) is 0 Å². The molecule has 2 nitrogen and oxygen atoms in total. The van der Waals surface area contributed by atoms with Crippen molar-refractivity contribution in [2.45, 2.75) is 52.0 Å². The van der Waals surface area contributed by atoms with E-state index < -0.39 is 0 Å². The SMILES string of the molecule is CC1CCCC(CNCC(C)(C)N(C)C)C1. The Balaban J connectivity index is 2.20. The lowest BCUT2D eigenvalue weighted by molar-refractivity contribution is 0.182. The number of hydrogen-bond donors (Lipinski definition) is 1. The Hall–Kier alpha value is -0.0800. The number of nitrogens with zero attached hydrogens (tertiary/aromatic N) is 1. The van der Waals surface area contributed by atoms with E-state index >= 15 is 0 Å². The Kier molecular flexibility index (Phi) is 5.26. The summed E-state index contributed by atoms with van der Waals surface area (Å²) in [5.74, 6) is 1.86. The molecule has 0 spiro atoms. The maximum Gasteiger partial charge on any atom is 0.0271 e. The smallest absolute Gasteiger partial charge is 0.0271 e. The van der Waals surface area contributed by atoms with E-state index in [4.69, 9.17) is 0 Å². The highest BCUT2D eigenvalue weighted by Crippen LogP contribution is 2.27. The molecule has 0 radical (unpaired) electrons. The van der Waals surface area contributed by atoms with Crippen molar-refractivity contribution in [3.05, 3.63) is 0 Å². The standard InChI is InChI=1S/C14H30N2/c1-12-7-6-8-13(9-12)10-15-11-14(2,3)16(4)5/h12-13,15H,6-11H2,1-5H3. The van der Waals surface area contributed by atoms with E-state index in [9.17, 15) is 0 Å². The van der Waals surface area contributed by atoms with Gasteiger partial charge in [-0.25, -0.2) is 0 Å². The molecule has 1 fully saturated rings. The fourth-order valence-corrected chi connectivity index (χ4v) is 2.49. The van der Waals surface area contributed by atoms with E-state index in [1.807, 2.05) is 0 Å². The molecule has 1 aliphatic rings. The third kappa shape index (κ3) is 4.42. The van der Waals surface area contributed by atoms with Crippen molar-refractivity contribution in [3.63, 3.8) is 0 Å². The maximum atomic E-state index is 3.66. The normalized spacial score (nSPS) is 27.4. The van der Waals surface area contributed by atoms with E-state index in [2.05, 4.69) is 45.1 Å². The van der Waals surface area contributed by atoms with Crippen LogP contribution in [0.5, 0.6) is 0 Å². The molecule has 96 valence electrons. The zero-order chi connectivity index (χ0) is 12.2. The van der Waals surface area contributed by atoms with Gasteiger partial charge in [0.2, 0.25) is 0 Å². The number of rotatable bonds is 5. The second kappa shape index (κ2) is 6.02. The lowest BCUT2D eigenvalue weighted by Crippen LogP contribution is -2.47. The van der Waals surface area contributed by atoms with Crippen LogP contribution in [0.3, 0.4) is 0 Å². The molecule has 0 amide bonds. The van der Waals surface area contributed by atoms with Crippen LogP contribution in [0, 0.1) is 11.8 Å². The van der Waals surface area contributed by atoms with Crippen molar-refractivity contribution < 1.29 is 0 Å². The Morgan fingerprint density at radius 3 is 2.50 bits per heavy atom. The summed E-state index contributed by atoms with van der Waals surface area (Å²) < 4.78 is 0. The molecule has 2 atom stereocenters. The summed E-state index contributed by atoms with van der Waals surface area (Å²) in [6.07, 6.45) is 5.74. The van der Waals surface area contributed by atoms with Gasteiger partial charge in [-0.15, -0.1) is 0 Å². The van der Waals surface area contributed by atoms with Crippen LogP contribution in [0.4, 0.5) is 0 Å². The minimum absolute atomic E-state index is 0.264. The highest BCUT2D eigenvalue weighted by Gasteiger charge is 2.22. The lowest BCUT2D eigenvalue weighted by atomic mass is 9.82. The van der Waals surface area contributed by atoms with Gasteiger partial charge in [-0.2, -0.15) is 0 Å². The molecular formula is C14H30N2. The first kappa shape index (κ1) is 14.0. The Labute approximate surface area is 102 Å². The summed E-state index contributed by atoms with van der Waals surface area (Å²) in [5, 5.41) is 3.66. The average Bonchev–Trinajstić information content (AvgIpc) is 2.17. The fraction of sp³-hybridized carbons (Fsp3) is 1.00. The molecule has 0 bridgehead atoms. The Morgan fingerprint density at radius 1 is 1.25 bits per heavy atom. The molecule has 2 heteroatoms. The van der Waals surface area contributed by atoms with Crippen LogP contribution < -0.4 is 5.32 Å². The van der Waals surface area contributed by atoms with E-state index in [1.54, 1.807) is 0 Å². The fourth-order valence-electron chi connectivity index (χ4n) is 2.49. The number of hydrogen-bond acceptors (Lipinski definition) is 2. The van der Waals surface area contributed by atoms with Crippen LogP contribution in [-0.4, -0.2) is 37.6 Å². The predicted molar refractivity (Wildman–Crippen MR) is 71.8 cm³/mol. The summed E-state index contributed by atoms with van der Waals surface area (Å²) in [6.45, 7) is 9.29. The van der Waals surface area contributed by atoms with Gasteiger partial charge in [-0.1, -0.05) is 19.8 Å².